The van der Waals surface area contributed by atoms with E-state index in [0.717, 1.165) is 11.8 Å². The molecule has 2 aliphatic rings. The van der Waals surface area contributed by atoms with Gasteiger partial charge in [-0.3, -0.25) is 0 Å². The third-order valence-corrected chi connectivity index (χ3v) is 5.53. The Bertz CT molecular complexity index is 1220. The van der Waals surface area contributed by atoms with Crippen molar-refractivity contribution in [2.24, 2.45) is 0 Å². The number of aromatic hydroxyl groups is 2. The summed E-state index contributed by atoms with van der Waals surface area (Å²) in [5, 5.41) is 31.3. The van der Waals surface area contributed by atoms with Crippen LogP contribution in [0.5, 0.6) is 23.0 Å². The van der Waals surface area contributed by atoms with Gasteiger partial charge in [-0.15, -0.1) is 0 Å². The molecule has 3 aromatic rings. The number of fused-ring (bicyclic) bond motifs is 6. The van der Waals surface area contributed by atoms with E-state index in [2.05, 4.69) is 0 Å². The fraction of sp³-hybridized carbons (Fsp3) is 0.0476. The molecule has 5 rings (SSSR count). The van der Waals surface area contributed by atoms with Gasteiger partial charge in [-0.25, -0.2) is 4.79 Å². The van der Waals surface area contributed by atoms with Crippen molar-refractivity contribution in [3.05, 3.63) is 76.9 Å². The third-order valence-electron chi connectivity index (χ3n) is 4.89. The maximum absolute atomic E-state index is 12.7. The van der Waals surface area contributed by atoms with Crippen LogP contribution >= 0.6 is 11.8 Å². The number of carbonyl (C=O) groups excluding carboxylic acids is 1. The molecule has 0 saturated heterocycles. The molecule has 1 spiro atoms. The second-order valence-electron chi connectivity index (χ2n) is 6.41. The van der Waals surface area contributed by atoms with Gasteiger partial charge in [-0.05, 0) is 36.0 Å². The molecular formula is C21H11NO5S. The van der Waals surface area contributed by atoms with Gasteiger partial charge >= 0.3 is 5.97 Å². The van der Waals surface area contributed by atoms with Gasteiger partial charge in [0.15, 0.2) is 5.60 Å². The predicted molar refractivity (Wildman–Crippen MR) is 99.5 cm³/mol. The summed E-state index contributed by atoms with van der Waals surface area (Å²) in [6.45, 7) is 0. The number of rotatable bonds is 1. The Morgan fingerprint density at radius 1 is 0.964 bits per heavy atom. The lowest BCUT2D eigenvalue weighted by atomic mass is 9.77. The number of nitrogens with zero attached hydrogens (tertiary/aromatic N) is 1. The van der Waals surface area contributed by atoms with Gasteiger partial charge in [0, 0.05) is 28.2 Å². The Balaban J connectivity index is 1.94. The summed E-state index contributed by atoms with van der Waals surface area (Å²) in [7, 11) is 0. The van der Waals surface area contributed by atoms with E-state index in [1.165, 1.54) is 24.3 Å². The molecule has 0 aromatic heterocycles. The predicted octanol–water partition coefficient (Wildman–Crippen LogP) is 4.24. The monoisotopic (exact) mass is 389 g/mol. The molecule has 0 fully saturated rings. The number of hydrogen-bond acceptors (Lipinski definition) is 7. The Morgan fingerprint density at radius 3 is 2.57 bits per heavy atom. The maximum atomic E-state index is 12.7. The van der Waals surface area contributed by atoms with Crippen LogP contribution in [0.1, 0.15) is 27.0 Å². The van der Waals surface area contributed by atoms with Gasteiger partial charge in [-0.2, -0.15) is 5.26 Å². The lowest BCUT2D eigenvalue weighted by molar-refractivity contribution is 0.0215. The Labute approximate surface area is 163 Å². The van der Waals surface area contributed by atoms with Crippen molar-refractivity contribution in [2.75, 3.05) is 0 Å². The van der Waals surface area contributed by atoms with Crippen LogP contribution in [0.3, 0.4) is 0 Å². The number of hydrogen-bond donors (Lipinski definition) is 2. The number of thioether (sulfide) groups is 1. The number of phenols is 2. The average molecular weight is 389 g/mol. The van der Waals surface area contributed by atoms with E-state index in [4.69, 9.17) is 9.47 Å². The standard InChI is InChI=1S/C21H11NO5S/c22-10-28-18-9-12(24)8-17-19(18)21(15-6-5-11(23)7-16(15)26-17)14-4-2-1-3-13(14)20(25)27-21/h1-9,23-24H. The molecular weight excluding hydrogens is 378 g/mol. The fourth-order valence-corrected chi connectivity index (χ4v) is 4.50. The van der Waals surface area contributed by atoms with Crippen molar-refractivity contribution in [3.63, 3.8) is 0 Å². The first-order valence-electron chi connectivity index (χ1n) is 8.32. The highest BCUT2D eigenvalue weighted by molar-refractivity contribution is 8.03. The topological polar surface area (TPSA) is 99.8 Å². The van der Waals surface area contributed by atoms with Crippen LogP contribution in [0.2, 0.25) is 0 Å². The van der Waals surface area contributed by atoms with Crippen molar-refractivity contribution in [2.45, 2.75) is 10.5 Å². The minimum Gasteiger partial charge on any atom is -0.508 e. The number of carbonyl (C=O) groups is 1. The average Bonchev–Trinajstić information content (AvgIpc) is 2.95. The van der Waals surface area contributed by atoms with Gasteiger partial charge in [0.05, 0.1) is 11.1 Å². The minimum atomic E-state index is -1.35. The number of ether oxygens (including phenoxy) is 2. The minimum absolute atomic E-state index is 0.0123. The first kappa shape index (κ1) is 16.5. The van der Waals surface area contributed by atoms with E-state index in [1.54, 1.807) is 30.3 Å². The molecule has 2 aliphatic heterocycles. The van der Waals surface area contributed by atoms with Gasteiger partial charge in [0.25, 0.3) is 0 Å². The lowest BCUT2D eigenvalue weighted by Gasteiger charge is -2.37. The molecule has 0 radical (unpaired) electrons. The second kappa shape index (κ2) is 5.68. The smallest absolute Gasteiger partial charge is 0.340 e. The second-order valence-corrected chi connectivity index (χ2v) is 7.24. The van der Waals surface area contributed by atoms with Crippen molar-refractivity contribution >= 4 is 17.7 Å². The molecule has 1 atom stereocenters. The molecule has 7 heteroatoms. The first-order chi connectivity index (χ1) is 13.5. The largest absolute Gasteiger partial charge is 0.508 e. The van der Waals surface area contributed by atoms with Gasteiger partial charge in [0.1, 0.15) is 28.4 Å². The van der Waals surface area contributed by atoms with Crippen LogP contribution in [0, 0.1) is 10.7 Å². The zero-order chi connectivity index (χ0) is 19.5. The van der Waals surface area contributed by atoms with Crippen molar-refractivity contribution in [1.29, 1.82) is 5.26 Å². The summed E-state index contributed by atoms with van der Waals surface area (Å²) in [6.07, 6.45) is 0. The zero-order valence-corrected chi connectivity index (χ0v) is 15.0. The summed E-state index contributed by atoms with van der Waals surface area (Å²) in [4.78, 5) is 13.1. The molecule has 0 bridgehead atoms. The molecule has 1 unspecified atom stereocenters. The fourth-order valence-electron chi connectivity index (χ4n) is 3.88. The van der Waals surface area contributed by atoms with Crippen LogP contribution < -0.4 is 4.74 Å². The Kier molecular flexibility index (Phi) is 3.36. The summed E-state index contributed by atoms with van der Waals surface area (Å²) in [5.74, 6) is -0.0473. The van der Waals surface area contributed by atoms with Gasteiger partial charge < -0.3 is 19.7 Å². The van der Waals surface area contributed by atoms with Gasteiger partial charge in [-0.1, -0.05) is 18.2 Å². The van der Waals surface area contributed by atoms with Crippen LogP contribution in [-0.2, 0) is 10.3 Å². The summed E-state index contributed by atoms with van der Waals surface area (Å²) < 4.78 is 11.9. The van der Waals surface area contributed by atoms with Crippen LogP contribution in [0.4, 0.5) is 0 Å². The molecule has 0 saturated carbocycles. The van der Waals surface area contributed by atoms with Crippen LogP contribution in [0.25, 0.3) is 0 Å². The normalized spacial score (nSPS) is 18.5. The van der Waals surface area contributed by atoms with E-state index in [-0.39, 0.29) is 17.2 Å². The van der Waals surface area contributed by atoms with Crippen molar-refractivity contribution < 1.29 is 24.5 Å². The van der Waals surface area contributed by atoms with E-state index in [0.29, 0.717) is 32.9 Å². The number of benzene rings is 3. The van der Waals surface area contributed by atoms with Crippen LogP contribution in [0.15, 0.2) is 59.5 Å². The van der Waals surface area contributed by atoms with Gasteiger partial charge in [0.2, 0.25) is 0 Å². The molecule has 0 aliphatic carbocycles. The highest BCUT2D eigenvalue weighted by Crippen LogP contribution is 2.59. The maximum Gasteiger partial charge on any atom is 0.340 e. The molecule has 3 aromatic carbocycles. The van der Waals surface area contributed by atoms with Crippen molar-refractivity contribution in [1.82, 2.24) is 0 Å². The van der Waals surface area contributed by atoms with E-state index >= 15 is 0 Å². The molecule has 136 valence electrons. The summed E-state index contributed by atoms with van der Waals surface area (Å²) in [6, 6.07) is 14.4. The highest BCUT2D eigenvalue weighted by Gasteiger charge is 2.54. The highest BCUT2D eigenvalue weighted by atomic mass is 32.2. The number of thiocyanates is 1. The van der Waals surface area contributed by atoms with E-state index in [1.807, 2.05) is 5.40 Å². The lowest BCUT2D eigenvalue weighted by Crippen LogP contribution is -2.33. The quantitative estimate of drug-likeness (QED) is 0.365. The van der Waals surface area contributed by atoms with E-state index in [9.17, 15) is 20.3 Å². The number of phenolic OH excluding ortho intramolecular Hbond substituents is 2. The van der Waals surface area contributed by atoms with Crippen molar-refractivity contribution in [3.8, 4) is 28.4 Å². The third kappa shape index (κ3) is 2.06. The van der Waals surface area contributed by atoms with Crippen LogP contribution in [-0.4, -0.2) is 16.2 Å². The Morgan fingerprint density at radius 2 is 1.75 bits per heavy atom. The first-order valence-corrected chi connectivity index (χ1v) is 9.14. The number of esters is 1. The van der Waals surface area contributed by atoms with E-state index < -0.39 is 11.6 Å². The SMILES string of the molecule is N#CSc1cc(O)cc2c1C1(OC(=O)c3ccccc31)c1ccc(O)cc1O2. The summed E-state index contributed by atoms with van der Waals surface area (Å²) in [5.41, 5.74) is 0.671. The number of nitriles is 1. The molecule has 6 nitrogen and oxygen atoms in total. The molecule has 0 amide bonds. The summed E-state index contributed by atoms with van der Waals surface area (Å²) >= 11 is 0.843. The Hall–Kier alpha value is -3.63. The zero-order valence-electron chi connectivity index (χ0n) is 14.2. The molecule has 2 N–H and O–H groups in total. The molecule has 28 heavy (non-hydrogen) atoms. The molecule has 2 heterocycles.